The van der Waals surface area contributed by atoms with Crippen LogP contribution in [0.2, 0.25) is 5.02 Å². The number of halogens is 1. The van der Waals surface area contributed by atoms with Crippen molar-refractivity contribution < 1.29 is 0 Å². The van der Waals surface area contributed by atoms with E-state index in [4.69, 9.17) is 11.6 Å². The van der Waals surface area contributed by atoms with E-state index in [0.29, 0.717) is 0 Å². The Bertz CT molecular complexity index is 1010. The molecule has 0 saturated carbocycles. The fourth-order valence-corrected chi connectivity index (χ4v) is 3.84. The topological polar surface area (TPSA) is 37.8 Å². The molecule has 118 valence electrons. The third-order valence-corrected chi connectivity index (χ3v) is 5.02. The van der Waals surface area contributed by atoms with Gasteiger partial charge < -0.3 is 5.32 Å². The highest BCUT2D eigenvalue weighted by atomic mass is 35.5. The summed E-state index contributed by atoms with van der Waals surface area (Å²) in [5, 5.41) is 7.34. The lowest BCUT2D eigenvalue weighted by Crippen LogP contribution is -1.97. The van der Waals surface area contributed by atoms with Crippen molar-refractivity contribution in [1.29, 1.82) is 0 Å². The van der Waals surface area contributed by atoms with Crippen molar-refractivity contribution in [3.05, 3.63) is 70.8 Å². The van der Waals surface area contributed by atoms with E-state index in [1.807, 2.05) is 43.3 Å². The Morgan fingerprint density at radius 1 is 1.04 bits per heavy atom. The fourth-order valence-electron chi connectivity index (χ4n) is 2.69. The Morgan fingerprint density at radius 3 is 2.67 bits per heavy atom. The van der Waals surface area contributed by atoms with Crippen LogP contribution in [0.1, 0.15) is 5.56 Å². The van der Waals surface area contributed by atoms with Gasteiger partial charge in [-0.2, -0.15) is 0 Å². The molecule has 0 aliphatic heterocycles. The Kier molecular flexibility index (Phi) is 3.92. The molecule has 3 nitrogen and oxygen atoms in total. The number of anilines is 2. The highest BCUT2D eigenvalue weighted by molar-refractivity contribution is 7.17. The van der Waals surface area contributed by atoms with Gasteiger partial charge in [-0.3, -0.25) is 0 Å². The van der Waals surface area contributed by atoms with Gasteiger partial charge in [0.05, 0.1) is 5.39 Å². The maximum atomic E-state index is 6.05. The van der Waals surface area contributed by atoms with Gasteiger partial charge in [-0.15, -0.1) is 11.3 Å². The quantitative estimate of drug-likeness (QED) is 0.487. The Labute approximate surface area is 149 Å². The summed E-state index contributed by atoms with van der Waals surface area (Å²) >= 11 is 7.68. The number of thiophene rings is 1. The Hall–Kier alpha value is -2.43. The smallest absolute Gasteiger partial charge is 0.143 e. The van der Waals surface area contributed by atoms with E-state index in [2.05, 4.69) is 32.8 Å². The summed E-state index contributed by atoms with van der Waals surface area (Å²) in [7, 11) is 0. The van der Waals surface area contributed by atoms with E-state index < -0.39 is 0 Å². The van der Waals surface area contributed by atoms with Crippen molar-refractivity contribution in [1.82, 2.24) is 9.97 Å². The van der Waals surface area contributed by atoms with E-state index in [1.54, 1.807) is 17.7 Å². The number of hydrogen-bond donors (Lipinski definition) is 1. The maximum Gasteiger partial charge on any atom is 0.143 e. The minimum Gasteiger partial charge on any atom is -0.339 e. The molecule has 4 rings (SSSR count). The van der Waals surface area contributed by atoms with Crippen LogP contribution < -0.4 is 5.32 Å². The minimum absolute atomic E-state index is 0.728. The summed E-state index contributed by atoms with van der Waals surface area (Å²) in [5.74, 6) is 0.811. The first-order valence-electron chi connectivity index (χ1n) is 7.53. The summed E-state index contributed by atoms with van der Waals surface area (Å²) in [6.45, 7) is 2.03. The van der Waals surface area contributed by atoms with Crippen molar-refractivity contribution >= 4 is 44.7 Å². The normalized spacial score (nSPS) is 10.9. The molecular weight excluding hydrogens is 338 g/mol. The first-order valence-corrected chi connectivity index (χ1v) is 8.79. The van der Waals surface area contributed by atoms with Gasteiger partial charge in [-0.1, -0.05) is 41.9 Å². The Balaban J connectivity index is 1.85. The number of fused-ring (bicyclic) bond motifs is 1. The van der Waals surface area contributed by atoms with E-state index in [0.717, 1.165) is 43.4 Å². The first kappa shape index (κ1) is 15.1. The summed E-state index contributed by atoms with van der Waals surface area (Å²) in [6.07, 6.45) is 1.60. The number of nitrogens with zero attached hydrogens (tertiary/aromatic N) is 2. The van der Waals surface area contributed by atoms with Gasteiger partial charge in [0.1, 0.15) is 17.0 Å². The van der Waals surface area contributed by atoms with Crippen LogP contribution >= 0.6 is 22.9 Å². The maximum absolute atomic E-state index is 6.05. The van der Waals surface area contributed by atoms with Gasteiger partial charge >= 0.3 is 0 Å². The fraction of sp³-hybridized carbons (Fsp3) is 0.0526. The molecule has 0 fully saturated rings. The predicted octanol–water partition coefficient (Wildman–Crippen LogP) is 6.06. The SMILES string of the molecule is Cc1cc(Cl)ccc1Nc1ncnc2scc(-c3ccccc3)c12. The number of benzene rings is 2. The molecule has 0 amide bonds. The molecule has 24 heavy (non-hydrogen) atoms. The Morgan fingerprint density at radius 2 is 1.88 bits per heavy atom. The third-order valence-electron chi connectivity index (χ3n) is 3.90. The molecule has 1 N–H and O–H groups in total. The second-order valence-electron chi connectivity index (χ2n) is 5.50. The van der Waals surface area contributed by atoms with Crippen molar-refractivity contribution in [2.45, 2.75) is 6.92 Å². The standard InChI is InChI=1S/C19H14ClN3S/c1-12-9-14(20)7-8-16(12)23-18-17-15(13-5-3-2-4-6-13)10-24-19(17)22-11-21-18/h2-11H,1H3,(H,21,22,23). The molecule has 0 atom stereocenters. The molecule has 2 heterocycles. The van der Waals surface area contributed by atoms with E-state index in [1.165, 1.54) is 0 Å². The summed E-state index contributed by atoms with van der Waals surface area (Å²) in [4.78, 5) is 9.86. The average Bonchev–Trinajstić information content (AvgIpc) is 3.03. The number of nitrogens with one attached hydrogen (secondary N) is 1. The molecule has 2 aromatic carbocycles. The zero-order valence-corrected chi connectivity index (χ0v) is 14.5. The molecule has 0 aliphatic carbocycles. The molecule has 0 aliphatic rings. The third kappa shape index (κ3) is 2.75. The molecule has 0 spiro atoms. The lowest BCUT2D eigenvalue weighted by Gasteiger charge is -2.11. The summed E-state index contributed by atoms with van der Waals surface area (Å²) < 4.78 is 0. The second-order valence-corrected chi connectivity index (χ2v) is 6.80. The second kappa shape index (κ2) is 6.23. The van der Waals surface area contributed by atoms with Gasteiger partial charge in [0.25, 0.3) is 0 Å². The molecule has 0 unspecified atom stereocenters. The van der Waals surface area contributed by atoms with E-state index in [9.17, 15) is 0 Å². The molecule has 0 saturated heterocycles. The van der Waals surface area contributed by atoms with Crippen LogP contribution in [0.4, 0.5) is 11.5 Å². The summed E-state index contributed by atoms with van der Waals surface area (Å²) in [6, 6.07) is 16.1. The van der Waals surface area contributed by atoms with Crippen molar-refractivity contribution in [3.8, 4) is 11.1 Å². The molecule has 5 heteroatoms. The minimum atomic E-state index is 0.728. The summed E-state index contributed by atoms with van der Waals surface area (Å²) in [5.41, 5.74) is 4.37. The lowest BCUT2D eigenvalue weighted by molar-refractivity contribution is 1.23. The zero-order valence-electron chi connectivity index (χ0n) is 13.0. The monoisotopic (exact) mass is 351 g/mol. The average molecular weight is 352 g/mol. The van der Waals surface area contributed by atoms with Gasteiger partial charge in [-0.25, -0.2) is 9.97 Å². The van der Waals surface area contributed by atoms with Crippen LogP contribution in [0.15, 0.2) is 60.2 Å². The van der Waals surface area contributed by atoms with E-state index >= 15 is 0 Å². The molecule has 4 aromatic rings. The number of hydrogen-bond acceptors (Lipinski definition) is 4. The van der Waals surface area contributed by atoms with Gasteiger partial charge in [0.15, 0.2) is 0 Å². The van der Waals surface area contributed by atoms with Crippen molar-refractivity contribution in [3.63, 3.8) is 0 Å². The first-order chi connectivity index (χ1) is 11.7. The highest BCUT2D eigenvalue weighted by Gasteiger charge is 2.13. The van der Waals surface area contributed by atoms with Crippen LogP contribution in [0.5, 0.6) is 0 Å². The largest absolute Gasteiger partial charge is 0.339 e. The molecule has 0 radical (unpaired) electrons. The van der Waals surface area contributed by atoms with Crippen molar-refractivity contribution in [2.75, 3.05) is 5.32 Å². The van der Waals surface area contributed by atoms with Gasteiger partial charge in [0.2, 0.25) is 0 Å². The molecular formula is C19H14ClN3S. The van der Waals surface area contributed by atoms with Crippen LogP contribution in [0.3, 0.4) is 0 Å². The van der Waals surface area contributed by atoms with Crippen LogP contribution in [0, 0.1) is 6.92 Å². The van der Waals surface area contributed by atoms with Crippen LogP contribution in [-0.4, -0.2) is 9.97 Å². The number of aryl methyl sites for hydroxylation is 1. The highest BCUT2D eigenvalue weighted by Crippen LogP contribution is 2.37. The zero-order chi connectivity index (χ0) is 16.5. The number of aromatic nitrogens is 2. The number of rotatable bonds is 3. The van der Waals surface area contributed by atoms with Crippen LogP contribution in [0.25, 0.3) is 21.3 Å². The van der Waals surface area contributed by atoms with Gasteiger partial charge in [0, 0.05) is 21.7 Å². The van der Waals surface area contributed by atoms with Crippen molar-refractivity contribution in [2.24, 2.45) is 0 Å². The lowest BCUT2D eigenvalue weighted by atomic mass is 10.1. The van der Waals surface area contributed by atoms with E-state index in [-0.39, 0.29) is 0 Å². The molecule has 2 aromatic heterocycles. The predicted molar refractivity (Wildman–Crippen MR) is 102 cm³/mol. The van der Waals surface area contributed by atoms with Gasteiger partial charge in [-0.05, 0) is 36.2 Å². The van der Waals surface area contributed by atoms with Crippen LogP contribution in [-0.2, 0) is 0 Å². The molecule has 0 bridgehead atoms.